The van der Waals surface area contributed by atoms with Crippen LogP contribution < -0.4 is 10.6 Å². The molecule has 14 heavy (non-hydrogen) atoms. The molecule has 3 N–H and O–H groups in total. The minimum absolute atomic E-state index is 0.0108. The van der Waals surface area contributed by atoms with Crippen molar-refractivity contribution in [3.63, 3.8) is 0 Å². The first-order chi connectivity index (χ1) is 6.32. The van der Waals surface area contributed by atoms with Crippen molar-refractivity contribution in [1.82, 2.24) is 15.2 Å². The van der Waals surface area contributed by atoms with Gasteiger partial charge in [-0.25, -0.2) is 0 Å². The van der Waals surface area contributed by atoms with Gasteiger partial charge in [0.2, 0.25) is 5.95 Å². The number of hydrogen-bond acceptors (Lipinski definition) is 4. The molecule has 1 atom stereocenters. The fourth-order valence-corrected chi connectivity index (χ4v) is 1.01. The summed E-state index contributed by atoms with van der Waals surface area (Å²) < 4.78 is 0. The normalized spacial score (nSPS) is 14.1. The zero-order valence-electron chi connectivity index (χ0n) is 9.50. The van der Waals surface area contributed by atoms with Gasteiger partial charge in [0.1, 0.15) is 5.82 Å². The largest absolute Gasteiger partial charge is 0.346 e. The molecule has 0 aliphatic carbocycles. The predicted octanol–water partition coefficient (Wildman–Crippen LogP) is 0.917. The van der Waals surface area contributed by atoms with Crippen LogP contribution in [0, 0.1) is 5.41 Å². The fraction of sp³-hybridized carbons (Fsp3) is 0.778. The molecule has 1 heterocycles. The number of hydrogen-bond donors (Lipinski definition) is 2. The van der Waals surface area contributed by atoms with Gasteiger partial charge in [0, 0.05) is 14.1 Å². The van der Waals surface area contributed by atoms with Gasteiger partial charge in [-0.15, -0.1) is 5.10 Å². The van der Waals surface area contributed by atoms with Gasteiger partial charge < -0.3 is 10.6 Å². The molecule has 0 radical (unpaired) electrons. The lowest BCUT2D eigenvalue weighted by molar-refractivity contribution is 0.316. The summed E-state index contributed by atoms with van der Waals surface area (Å²) in [6.45, 7) is 6.24. The molecular weight excluding hydrogens is 178 g/mol. The Hall–Kier alpha value is -1.10. The lowest BCUT2D eigenvalue weighted by Crippen LogP contribution is -2.27. The Morgan fingerprint density at radius 1 is 1.36 bits per heavy atom. The van der Waals surface area contributed by atoms with E-state index >= 15 is 0 Å². The third-order valence-electron chi connectivity index (χ3n) is 2.12. The third-order valence-corrected chi connectivity index (χ3v) is 2.12. The standard InChI is InChI=1S/C9H19N5/c1-9(2,3)6(10)7-11-8(13-12-7)14(4)5/h6H,10H2,1-5H3,(H,11,12,13)/t6-/m0/s1. The summed E-state index contributed by atoms with van der Waals surface area (Å²) in [7, 11) is 3.80. The van der Waals surface area contributed by atoms with E-state index in [9.17, 15) is 0 Å². The number of H-pyrrole nitrogens is 1. The van der Waals surface area contributed by atoms with Gasteiger partial charge in [-0.2, -0.15) is 4.98 Å². The molecule has 0 fully saturated rings. The summed E-state index contributed by atoms with van der Waals surface area (Å²) in [5.74, 6) is 1.40. The van der Waals surface area contributed by atoms with E-state index in [1.165, 1.54) is 0 Å². The first-order valence-electron chi connectivity index (χ1n) is 4.67. The molecule has 1 aromatic rings. The van der Waals surface area contributed by atoms with Crippen LogP contribution in [-0.2, 0) is 0 Å². The second-order valence-electron chi connectivity index (χ2n) is 4.76. The first kappa shape index (κ1) is 11.0. The van der Waals surface area contributed by atoms with E-state index in [0.717, 1.165) is 5.82 Å². The minimum atomic E-state index is -0.122. The summed E-state index contributed by atoms with van der Waals surface area (Å²) in [5, 5.41) is 6.93. The van der Waals surface area contributed by atoms with E-state index < -0.39 is 0 Å². The Morgan fingerprint density at radius 3 is 2.29 bits per heavy atom. The van der Waals surface area contributed by atoms with E-state index in [4.69, 9.17) is 5.73 Å². The van der Waals surface area contributed by atoms with Crippen molar-refractivity contribution in [2.24, 2.45) is 11.1 Å². The quantitative estimate of drug-likeness (QED) is 0.739. The SMILES string of the molecule is CN(C)c1n[nH]c([C@H](N)C(C)(C)C)n1. The molecule has 0 unspecified atom stereocenters. The minimum Gasteiger partial charge on any atom is -0.346 e. The summed E-state index contributed by atoms with van der Waals surface area (Å²) in [5.41, 5.74) is 6.02. The van der Waals surface area contributed by atoms with Gasteiger partial charge in [0.25, 0.3) is 0 Å². The van der Waals surface area contributed by atoms with Crippen LogP contribution >= 0.6 is 0 Å². The molecule has 0 amide bonds. The molecule has 0 aliphatic rings. The van der Waals surface area contributed by atoms with Gasteiger partial charge in [-0.05, 0) is 5.41 Å². The van der Waals surface area contributed by atoms with Gasteiger partial charge >= 0.3 is 0 Å². The first-order valence-corrected chi connectivity index (χ1v) is 4.67. The number of nitrogens with zero attached hydrogens (tertiary/aromatic N) is 3. The molecule has 0 aromatic carbocycles. The fourth-order valence-electron chi connectivity index (χ4n) is 1.01. The summed E-state index contributed by atoms with van der Waals surface area (Å²) in [6, 6.07) is -0.122. The zero-order valence-corrected chi connectivity index (χ0v) is 9.50. The number of anilines is 1. The molecule has 0 spiro atoms. The zero-order chi connectivity index (χ0) is 10.9. The Morgan fingerprint density at radius 2 is 1.93 bits per heavy atom. The van der Waals surface area contributed by atoms with Crippen molar-refractivity contribution in [3.8, 4) is 0 Å². The monoisotopic (exact) mass is 197 g/mol. The van der Waals surface area contributed by atoms with Crippen molar-refractivity contribution in [1.29, 1.82) is 0 Å². The number of aromatic amines is 1. The Bertz CT molecular complexity index is 296. The van der Waals surface area contributed by atoms with Crippen LogP contribution in [0.3, 0.4) is 0 Å². The maximum Gasteiger partial charge on any atom is 0.244 e. The van der Waals surface area contributed by atoms with E-state index in [0.29, 0.717) is 5.95 Å². The molecule has 0 bridgehead atoms. The Kier molecular flexibility index (Phi) is 2.80. The van der Waals surface area contributed by atoms with Gasteiger partial charge in [-0.1, -0.05) is 20.8 Å². The second kappa shape index (κ2) is 3.57. The maximum absolute atomic E-state index is 6.03. The summed E-state index contributed by atoms with van der Waals surface area (Å²) in [6.07, 6.45) is 0. The third kappa shape index (κ3) is 2.23. The van der Waals surface area contributed by atoms with Gasteiger partial charge in [-0.3, -0.25) is 5.10 Å². The van der Waals surface area contributed by atoms with Crippen LogP contribution in [0.4, 0.5) is 5.95 Å². The van der Waals surface area contributed by atoms with Crippen LogP contribution in [0.25, 0.3) is 0 Å². The van der Waals surface area contributed by atoms with Crippen LogP contribution in [0.1, 0.15) is 32.6 Å². The molecule has 5 nitrogen and oxygen atoms in total. The highest BCUT2D eigenvalue weighted by molar-refractivity contribution is 5.25. The number of nitrogens with one attached hydrogen (secondary N) is 1. The predicted molar refractivity (Wildman–Crippen MR) is 57.1 cm³/mol. The van der Waals surface area contributed by atoms with E-state index in [1.807, 2.05) is 19.0 Å². The average Bonchev–Trinajstić information content (AvgIpc) is 2.48. The van der Waals surface area contributed by atoms with E-state index in [-0.39, 0.29) is 11.5 Å². The Labute approximate surface area is 84.7 Å². The van der Waals surface area contributed by atoms with Crippen LogP contribution in [0.5, 0.6) is 0 Å². The van der Waals surface area contributed by atoms with Crippen molar-refractivity contribution in [2.45, 2.75) is 26.8 Å². The number of aromatic nitrogens is 3. The highest BCUT2D eigenvalue weighted by Crippen LogP contribution is 2.28. The van der Waals surface area contributed by atoms with E-state index in [1.54, 1.807) is 0 Å². The van der Waals surface area contributed by atoms with Crippen molar-refractivity contribution < 1.29 is 0 Å². The molecule has 5 heteroatoms. The lowest BCUT2D eigenvalue weighted by Gasteiger charge is -2.24. The topological polar surface area (TPSA) is 70.8 Å². The molecule has 1 rings (SSSR count). The maximum atomic E-state index is 6.03. The number of rotatable bonds is 2. The Balaban J connectivity index is 2.87. The summed E-state index contributed by atoms with van der Waals surface area (Å²) >= 11 is 0. The lowest BCUT2D eigenvalue weighted by atomic mass is 9.87. The molecular formula is C9H19N5. The van der Waals surface area contributed by atoms with Gasteiger partial charge in [0.05, 0.1) is 6.04 Å². The van der Waals surface area contributed by atoms with Crippen LogP contribution in [-0.4, -0.2) is 29.3 Å². The van der Waals surface area contributed by atoms with Crippen LogP contribution in [0.2, 0.25) is 0 Å². The molecule has 0 aliphatic heterocycles. The van der Waals surface area contributed by atoms with Crippen molar-refractivity contribution >= 4 is 5.95 Å². The highest BCUT2D eigenvalue weighted by atomic mass is 15.3. The van der Waals surface area contributed by atoms with Crippen LogP contribution in [0.15, 0.2) is 0 Å². The van der Waals surface area contributed by atoms with E-state index in [2.05, 4.69) is 36.0 Å². The molecule has 0 saturated carbocycles. The molecule has 0 saturated heterocycles. The molecule has 80 valence electrons. The van der Waals surface area contributed by atoms with Crippen molar-refractivity contribution in [3.05, 3.63) is 5.82 Å². The number of nitrogens with two attached hydrogens (primary N) is 1. The smallest absolute Gasteiger partial charge is 0.244 e. The average molecular weight is 197 g/mol. The second-order valence-corrected chi connectivity index (χ2v) is 4.76. The summed E-state index contributed by atoms with van der Waals surface area (Å²) in [4.78, 5) is 6.15. The van der Waals surface area contributed by atoms with Crippen molar-refractivity contribution in [2.75, 3.05) is 19.0 Å². The van der Waals surface area contributed by atoms with Gasteiger partial charge in [0.15, 0.2) is 0 Å². The highest BCUT2D eigenvalue weighted by Gasteiger charge is 2.25. The molecule has 1 aromatic heterocycles.